The Balaban J connectivity index is 1.86. The average molecular weight is 271 g/mol. The zero-order chi connectivity index (χ0) is 13.0. The SMILES string of the molecule is NC(CSc1ccc(F)cc1F)C1CCCCC1. The number of hydrogen-bond acceptors (Lipinski definition) is 2. The molecule has 0 aliphatic heterocycles. The summed E-state index contributed by atoms with van der Waals surface area (Å²) in [5.74, 6) is 0.242. The summed E-state index contributed by atoms with van der Waals surface area (Å²) in [6, 6.07) is 3.81. The summed E-state index contributed by atoms with van der Waals surface area (Å²) in [6.45, 7) is 0. The minimum Gasteiger partial charge on any atom is -0.327 e. The van der Waals surface area contributed by atoms with E-state index in [2.05, 4.69) is 0 Å². The molecule has 18 heavy (non-hydrogen) atoms. The fraction of sp³-hybridized carbons (Fsp3) is 0.571. The number of hydrogen-bond donors (Lipinski definition) is 1. The molecular formula is C14H19F2NS. The molecule has 1 aromatic carbocycles. The van der Waals surface area contributed by atoms with Crippen LogP contribution in [-0.4, -0.2) is 11.8 Å². The molecule has 1 unspecified atom stereocenters. The molecule has 1 atom stereocenters. The predicted octanol–water partition coefficient (Wildman–Crippen LogP) is 3.96. The minimum atomic E-state index is -0.534. The van der Waals surface area contributed by atoms with Gasteiger partial charge in [0.25, 0.3) is 0 Å². The third-order valence-corrected chi connectivity index (χ3v) is 4.77. The van der Waals surface area contributed by atoms with E-state index in [0.29, 0.717) is 16.6 Å². The Bertz CT molecular complexity index is 391. The monoisotopic (exact) mass is 271 g/mol. The van der Waals surface area contributed by atoms with Crippen LogP contribution in [-0.2, 0) is 0 Å². The van der Waals surface area contributed by atoms with Crippen LogP contribution in [0.4, 0.5) is 8.78 Å². The van der Waals surface area contributed by atoms with Crippen LogP contribution >= 0.6 is 11.8 Å². The van der Waals surface area contributed by atoms with Crippen LogP contribution in [0.25, 0.3) is 0 Å². The maximum Gasteiger partial charge on any atom is 0.139 e. The molecule has 0 heterocycles. The van der Waals surface area contributed by atoms with E-state index in [-0.39, 0.29) is 6.04 Å². The third kappa shape index (κ3) is 3.69. The molecule has 0 radical (unpaired) electrons. The molecule has 1 aliphatic rings. The maximum atomic E-state index is 13.4. The van der Waals surface area contributed by atoms with E-state index >= 15 is 0 Å². The van der Waals surface area contributed by atoms with E-state index in [1.807, 2.05) is 0 Å². The van der Waals surface area contributed by atoms with Crippen molar-refractivity contribution < 1.29 is 8.78 Å². The lowest BCUT2D eigenvalue weighted by atomic mass is 9.85. The van der Waals surface area contributed by atoms with E-state index < -0.39 is 11.6 Å². The summed E-state index contributed by atoms with van der Waals surface area (Å²) in [5, 5.41) is 0. The number of rotatable bonds is 4. The highest BCUT2D eigenvalue weighted by Gasteiger charge is 2.20. The van der Waals surface area contributed by atoms with Crippen molar-refractivity contribution in [1.82, 2.24) is 0 Å². The first-order valence-corrected chi connectivity index (χ1v) is 7.49. The molecular weight excluding hydrogens is 252 g/mol. The molecule has 2 rings (SSSR count). The second-order valence-corrected chi connectivity index (χ2v) is 6.01. The lowest BCUT2D eigenvalue weighted by molar-refractivity contribution is 0.319. The second kappa shape index (κ2) is 6.53. The highest BCUT2D eigenvalue weighted by molar-refractivity contribution is 7.99. The quantitative estimate of drug-likeness (QED) is 0.839. The summed E-state index contributed by atoms with van der Waals surface area (Å²) in [6.07, 6.45) is 6.20. The van der Waals surface area contributed by atoms with Crippen molar-refractivity contribution in [2.45, 2.75) is 43.0 Å². The van der Waals surface area contributed by atoms with Gasteiger partial charge in [0, 0.05) is 22.8 Å². The van der Waals surface area contributed by atoms with Crippen LogP contribution in [0.2, 0.25) is 0 Å². The topological polar surface area (TPSA) is 26.0 Å². The van der Waals surface area contributed by atoms with E-state index in [9.17, 15) is 8.78 Å². The molecule has 0 amide bonds. The van der Waals surface area contributed by atoms with Crippen molar-refractivity contribution in [3.05, 3.63) is 29.8 Å². The van der Waals surface area contributed by atoms with E-state index in [1.165, 1.54) is 56.0 Å². The number of halogens is 2. The standard InChI is InChI=1S/C14H19F2NS/c15-11-6-7-14(12(16)8-11)18-9-13(17)10-4-2-1-3-5-10/h6-8,10,13H,1-5,9,17H2. The third-order valence-electron chi connectivity index (χ3n) is 3.58. The summed E-state index contributed by atoms with van der Waals surface area (Å²) in [5.41, 5.74) is 6.16. The van der Waals surface area contributed by atoms with Crippen molar-refractivity contribution in [3.63, 3.8) is 0 Å². The molecule has 1 aromatic rings. The highest BCUT2D eigenvalue weighted by atomic mass is 32.2. The van der Waals surface area contributed by atoms with Crippen molar-refractivity contribution in [3.8, 4) is 0 Å². The lowest BCUT2D eigenvalue weighted by Crippen LogP contribution is -2.33. The predicted molar refractivity (Wildman–Crippen MR) is 71.6 cm³/mol. The van der Waals surface area contributed by atoms with E-state index in [0.717, 1.165) is 6.07 Å². The summed E-state index contributed by atoms with van der Waals surface area (Å²) < 4.78 is 26.2. The Hall–Kier alpha value is -0.610. The molecule has 1 nitrogen and oxygen atoms in total. The Morgan fingerprint density at radius 3 is 2.61 bits per heavy atom. The number of thioether (sulfide) groups is 1. The van der Waals surface area contributed by atoms with Crippen LogP contribution in [0, 0.1) is 17.6 Å². The first-order chi connectivity index (χ1) is 8.66. The van der Waals surface area contributed by atoms with Crippen LogP contribution < -0.4 is 5.73 Å². The van der Waals surface area contributed by atoms with Crippen molar-refractivity contribution >= 4 is 11.8 Å². The van der Waals surface area contributed by atoms with Gasteiger partial charge in [0.05, 0.1) is 0 Å². The second-order valence-electron chi connectivity index (χ2n) is 4.95. The molecule has 1 saturated carbocycles. The first-order valence-electron chi connectivity index (χ1n) is 6.50. The Labute approximate surface area is 111 Å². The summed E-state index contributed by atoms with van der Waals surface area (Å²) in [7, 11) is 0. The van der Waals surface area contributed by atoms with Crippen LogP contribution in [0.1, 0.15) is 32.1 Å². The Kier molecular flexibility index (Phi) is 5.01. The summed E-state index contributed by atoms with van der Waals surface area (Å²) >= 11 is 1.39. The smallest absolute Gasteiger partial charge is 0.139 e. The van der Waals surface area contributed by atoms with Crippen molar-refractivity contribution in [2.24, 2.45) is 11.7 Å². The highest BCUT2D eigenvalue weighted by Crippen LogP contribution is 2.29. The van der Waals surface area contributed by atoms with Crippen LogP contribution in [0.3, 0.4) is 0 Å². The van der Waals surface area contributed by atoms with Gasteiger partial charge < -0.3 is 5.73 Å². The van der Waals surface area contributed by atoms with Gasteiger partial charge in [-0.25, -0.2) is 8.78 Å². The van der Waals surface area contributed by atoms with Gasteiger partial charge >= 0.3 is 0 Å². The Morgan fingerprint density at radius 2 is 1.94 bits per heavy atom. The normalized spacial score (nSPS) is 18.8. The van der Waals surface area contributed by atoms with Gasteiger partial charge in [-0.15, -0.1) is 11.8 Å². The average Bonchev–Trinajstić information content (AvgIpc) is 2.38. The molecule has 1 fully saturated rings. The van der Waals surface area contributed by atoms with E-state index in [1.54, 1.807) is 0 Å². The van der Waals surface area contributed by atoms with Gasteiger partial charge in [0.2, 0.25) is 0 Å². The van der Waals surface area contributed by atoms with Gasteiger partial charge in [0.1, 0.15) is 11.6 Å². The fourth-order valence-electron chi connectivity index (χ4n) is 2.48. The van der Waals surface area contributed by atoms with Gasteiger partial charge in [0.15, 0.2) is 0 Å². The minimum absolute atomic E-state index is 0.111. The van der Waals surface area contributed by atoms with Crippen molar-refractivity contribution in [2.75, 3.05) is 5.75 Å². The number of benzene rings is 1. The van der Waals surface area contributed by atoms with Gasteiger partial charge in [-0.1, -0.05) is 19.3 Å². The molecule has 0 saturated heterocycles. The van der Waals surface area contributed by atoms with Crippen LogP contribution in [0.15, 0.2) is 23.1 Å². The largest absolute Gasteiger partial charge is 0.327 e. The number of nitrogens with two attached hydrogens (primary N) is 1. The molecule has 1 aliphatic carbocycles. The Morgan fingerprint density at radius 1 is 1.22 bits per heavy atom. The molecule has 0 spiro atoms. The maximum absolute atomic E-state index is 13.4. The molecule has 100 valence electrons. The zero-order valence-corrected chi connectivity index (χ0v) is 11.2. The fourth-order valence-corrected chi connectivity index (χ4v) is 3.48. The van der Waals surface area contributed by atoms with Crippen LogP contribution in [0.5, 0.6) is 0 Å². The molecule has 2 N–H and O–H groups in total. The molecule has 0 aromatic heterocycles. The van der Waals surface area contributed by atoms with E-state index in [4.69, 9.17) is 5.73 Å². The van der Waals surface area contributed by atoms with Gasteiger partial charge in [-0.05, 0) is 30.9 Å². The zero-order valence-electron chi connectivity index (χ0n) is 10.4. The van der Waals surface area contributed by atoms with Crippen molar-refractivity contribution in [1.29, 1.82) is 0 Å². The van der Waals surface area contributed by atoms with Gasteiger partial charge in [-0.2, -0.15) is 0 Å². The van der Waals surface area contributed by atoms with Gasteiger partial charge in [-0.3, -0.25) is 0 Å². The summed E-state index contributed by atoms with van der Waals surface area (Å²) in [4.78, 5) is 0.489. The first kappa shape index (κ1) is 13.8. The lowest BCUT2D eigenvalue weighted by Gasteiger charge is -2.27. The molecule has 0 bridgehead atoms. The molecule has 4 heteroatoms.